The Hall–Kier alpha value is -0.570. The molecule has 16 heavy (non-hydrogen) atoms. The molecule has 1 aromatic rings. The number of rotatable bonds is 3. The fraction of sp³-hybridized carbons (Fsp3) is 0.538. The average Bonchev–Trinajstić information content (AvgIpc) is 2.31. The van der Waals surface area contributed by atoms with Crippen LogP contribution in [0.15, 0.2) is 24.3 Å². The molecule has 0 aromatic heterocycles. The molecular formula is C13H19ClN2. The second-order valence-corrected chi connectivity index (χ2v) is 4.86. The number of benzene rings is 1. The van der Waals surface area contributed by atoms with Crippen LogP contribution in [-0.4, -0.2) is 19.1 Å². The Balaban J connectivity index is 1.96. The zero-order valence-electron chi connectivity index (χ0n) is 9.67. The van der Waals surface area contributed by atoms with E-state index in [9.17, 15) is 0 Å². The first-order valence-electron chi connectivity index (χ1n) is 5.98. The van der Waals surface area contributed by atoms with Crippen molar-refractivity contribution in [3.8, 4) is 0 Å². The van der Waals surface area contributed by atoms with E-state index in [1.807, 2.05) is 18.2 Å². The van der Waals surface area contributed by atoms with Gasteiger partial charge in [0.2, 0.25) is 0 Å². The lowest BCUT2D eigenvalue weighted by molar-refractivity contribution is 0.362. The molecule has 1 aliphatic rings. The number of halogens is 1. The predicted octanol–water partition coefficient (Wildman–Crippen LogP) is 2.74. The van der Waals surface area contributed by atoms with Gasteiger partial charge in [-0.25, -0.2) is 0 Å². The van der Waals surface area contributed by atoms with E-state index in [-0.39, 0.29) is 0 Å². The van der Waals surface area contributed by atoms with Gasteiger partial charge >= 0.3 is 0 Å². The Morgan fingerprint density at radius 2 is 2.25 bits per heavy atom. The van der Waals surface area contributed by atoms with Gasteiger partial charge < -0.3 is 10.6 Å². The van der Waals surface area contributed by atoms with Crippen molar-refractivity contribution >= 4 is 11.6 Å². The summed E-state index contributed by atoms with van der Waals surface area (Å²) in [7, 11) is 0. The van der Waals surface area contributed by atoms with Crippen molar-refractivity contribution in [2.24, 2.45) is 0 Å². The van der Waals surface area contributed by atoms with Gasteiger partial charge in [0.05, 0.1) is 0 Å². The van der Waals surface area contributed by atoms with Gasteiger partial charge in [-0.1, -0.05) is 29.8 Å². The third-order valence-corrected chi connectivity index (χ3v) is 3.50. The normalized spacial score (nSPS) is 23.0. The zero-order valence-corrected chi connectivity index (χ0v) is 10.4. The molecule has 0 spiro atoms. The maximum absolute atomic E-state index is 6.18. The summed E-state index contributed by atoms with van der Waals surface area (Å²) in [4.78, 5) is 0. The highest BCUT2D eigenvalue weighted by Crippen LogP contribution is 2.23. The molecule has 0 amide bonds. The summed E-state index contributed by atoms with van der Waals surface area (Å²) in [6.07, 6.45) is 2.51. The molecule has 2 N–H and O–H groups in total. The molecule has 1 heterocycles. The van der Waals surface area contributed by atoms with Gasteiger partial charge in [0.25, 0.3) is 0 Å². The van der Waals surface area contributed by atoms with Gasteiger partial charge in [0, 0.05) is 23.7 Å². The third kappa shape index (κ3) is 2.97. The molecule has 0 bridgehead atoms. The second kappa shape index (κ2) is 5.67. The average molecular weight is 239 g/mol. The SMILES string of the molecule is CC(NC1CCCNC1)c1ccccc1Cl. The maximum atomic E-state index is 6.18. The molecule has 2 rings (SSSR count). The summed E-state index contributed by atoms with van der Waals surface area (Å²) in [5, 5.41) is 7.89. The molecule has 0 saturated carbocycles. The van der Waals surface area contributed by atoms with E-state index in [1.165, 1.54) is 18.4 Å². The summed E-state index contributed by atoms with van der Waals surface area (Å²) < 4.78 is 0. The Bertz CT molecular complexity index is 334. The van der Waals surface area contributed by atoms with E-state index in [4.69, 9.17) is 11.6 Å². The topological polar surface area (TPSA) is 24.1 Å². The minimum atomic E-state index is 0.318. The highest BCUT2D eigenvalue weighted by molar-refractivity contribution is 6.31. The Labute approximate surface area is 102 Å². The standard InChI is InChI=1S/C13H19ClN2/c1-10(12-6-2-3-7-13(12)14)16-11-5-4-8-15-9-11/h2-3,6-7,10-11,15-16H,4-5,8-9H2,1H3. The van der Waals surface area contributed by atoms with E-state index < -0.39 is 0 Å². The summed E-state index contributed by atoms with van der Waals surface area (Å²) in [5.74, 6) is 0. The van der Waals surface area contributed by atoms with Crippen molar-refractivity contribution in [2.45, 2.75) is 31.8 Å². The van der Waals surface area contributed by atoms with Gasteiger partial charge in [0.15, 0.2) is 0 Å². The van der Waals surface area contributed by atoms with E-state index >= 15 is 0 Å². The van der Waals surface area contributed by atoms with Crippen molar-refractivity contribution < 1.29 is 0 Å². The Morgan fingerprint density at radius 1 is 1.44 bits per heavy atom. The minimum Gasteiger partial charge on any atom is -0.315 e. The highest BCUT2D eigenvalue weighted by Gasteiger charge is 2.16. The van der Waals surface area contributed by atoms with Crippen molar-refractivity contribution in [3.63, 3.8) is 0 Å². The first-order valence-corrected chi connectivity index (χ1v) is 6.36. The number of hydrogen-bond acceptors (Lipinski definition) is 2. The second-order valence-electron chi connectivity index (χ2n) is 4.45. The molecule has 2 nitrogen and oxygen atoms in total. The van der Waals surface area contributed by atoms with E-state index in [2.05, 4.69) is 23.6 Å². The summed E-state index contributed by atoms with van der Waals surface area (Å²) >= 11 is 6.18. The Morgan fingerprint density at radius 3 is 2.94 bits per heavy atom. The first-order chi connectivity index (χ1) is 7.77. The molecule has 1 saturated heterocycles. The number of nitrogens with one attached hydrogen (secondary N) is 2. The third-order valence-electron chi connectivity index (χ3n) is 3.15. The molecule has 1 fully saturated rings. The van der Waals surface area contributed by atoms with Crippen molar-refractivity contribution in [1.29, 1.82) is 0 Å². The monoisotopic (exact) mass is 238 g/mol. The van der Waals surface area contributed by atoms with Crippen molar-refractivity contribution in [3.05, 3.63) is 34.9 Å². The van der Waals surface area contributed by atoms with Gasteiger partial charge in [0.1, 0.15) is 0 Å². The fourth-order valence-electron chi connectivity index (χ4n) is 2.26. The largest absolute Gasteiger partial charge is 0.315 e. The van der Waals surface area contributed by atoms with Crippen LogP contribution in [0.5, 0.6) is 0 Å². The van der Waals surface area contributed by atoms with Crippen LogP contribution in [0.1, 0.15) is 31.4 Å². The molecule has 1 aromatic carbocycles. The van der Waals surface area contributed by atoms with Crippen LogP contribution in [0.4, 0.5) is 0 Å². The van der Waals surface area contributed by atoms with Crippen LogP contribution in [0.3, 0.4) is 0 Å². The Kier molecular flexibility index (Phi) is 4.22. The van der Waals surface area contributed by atoms with Crippen molar-refractivity contribution in [1.82, 2.24) is 10.6 Å². The van der Waals surface area contributed by atoms with Crippen LogP contribution in [0.25, 0.3) is 0 Å². The van der Waals surface area contributed by atoms with Crippen LogP contribution in [-0.2, 0) is 0 Å². The minimum absolute atomic E-state index is 0.318. The van der Waals surface area contributed by atoms with Gasteiger partial charge in [-0.3, -0.25) is 0 Å². The number of hydrogen-bond donors (Lipinski definition) is 2. The lowest BCUT2D eigenvalue weighted by atomic mass is 10.0. The van der Waals surface area contributed by atoms with Crippen LogP contribution < -0.4 is 10.6 Å². The molecule has 0 radical (unpaired) electrons. The van der Waals surface area contributed by atoms with Gasteiger partial charge in [-0.2, -0.15) is 0 Å². The molecular weight excluding hydrogens is 220 g/mol. The van der Waals surface area contributed by atoms with E-state index in [0.29, 0.717) is 12.1 Å². The van der Waals surface area contributed by atoms with Gasteiger partial charge in [-0.05, 0) is 37.9 Å². The van der Waals surface area contributed by atoms with Crippen LogP contribution >= 0.6 is 11.6 Å². The molecule has 0 aliphatic carbocycles. The molecule has 1 aliphatic heterocycles. The maximum Gasteiger partial charge on any atom is 0.0453 e. The smallest absolute Gasteiger partial charge is 0.0453 e. The summed E-state index contributed by atoms with van der Waals surface area (Å²) in [6.45, 7) is 4.39. The molecule has 2 atom stereocenters. The molecule has 2 unspecified atom stereocenters. The first kappa shape index (κ1) is 11.9. The zero-order chi connectivity index (χ0) is 11.4. The fourth-order valence-corrected chi connectivity index (χ4v) is 2.56. The van der Waals surface area contributed by atoms with Gasteiger partial charge in [-0.15, -0.1) is 0 Å². The van der Waals surface area contributed by atoms with Crippen molar-refractivity contribution in [2.75, 3.05) is 13.1 Å². The van der Waals surface area contributed by atoms with Crippen LogP contribution in [0.2, 0.25) is 5.02 Å². The molecule has 88 valence electrons. The van der Waals surface area contributed by atoms with Crippen LogP contribution in [0, 0.1) is 0 Å². The lowest BCUT2D eigenvalue weighted by Gasteiger charge is -2.27. The predicted molar refractivity (Wildman–Crippen MR) is 68.9 cm³/mol. The molecule has 3 heteroatoms. The lowest BCUT2D eigenvalue weighted by Crippen LogP contribution is -2.43. The quantitative estimate of drug-likeness (QED) is 0.846. The summed E-state index contributed by atoms with van der Waals surface area (Å²) in [6, 6.07) is 8.95. The number of piperidine rings is 1. The summed E-state index contributed by atoms with van der Waals surface area (Å²) in [5.41, 5.74) is 1.19. The van der Waals surface area contributed by atoms with E-state index in [1.54, 1.807) is 0 Å². The van der Waals surface area contributed by atoms with E-state index in [0.717, 1.165) is 18.1 Å². The highest BCUT2D eigenvalue weighted by atomic mass is 35.5.